The Bertz CT molecular complexity index is 1060. The maximum absolute atomic E-state index is 13.1. The molecule has 31 heavy (non-hydrogen) atoms. The van der Waals surface area contributed by atoms with Crippen LogP contribution < -0.4 is 5.73 Å². The maximum atomic E-state index is 13.1. The zero-order chi connectivity index (χ0) is 22.0. The van der Waals surface area contributed by atoms with Gasteiger partial charge in [-0.05, 0) is 43.0 Å². The zero-order valence-corrected chi connectivity index (χ0v) is 18.1. The van der Waals surface area contributed by atoms with Crippen molar-refractivity contribution in [1.82, 2.24) is 9.88 Å². The summed E-state index contributed by atoms with van der Waals surface area (Å²) in [6, 6.07) is 11.4. The fourth-order valence-electron chi connectivity index (χ4n) is 4.27. The SMILES string of the molecule is C[C@@]1(c2cccc(Cc3ccc(C#N)cn3)c2Cl)CC(=O)N(C2CCOCC2)C(N)=N1. The lowest BCUT2D eigenvalue weighted by molar-refractivity contribution is -0.132. The molecule has 2 aromatic rings. The van der Waals surface area contributed by atoms with Gasteiger partial charge in [0.15, 0.2) is 5.96 Å². The lowest BCUT2D eigenvalue weighted by Gasteiger charge is -2.40. The van der Waals surface area contributed by atoms with Crippen molar-refractivity contribution in [1.29, 1.82) is 5.26 Å². The molecular formula is C23H24ClN5O2. The Morgan fingerprint density at radius 2 is 2.10 bits per heavy atom. The molecule has 3 heterocycles. The summed E-state index contributed by atoms with van der Waals surface area (Å²) >= 11 is 6.79. The molecule has 8 heteroatoms. The van der Waals surface area contributed by atoms with Crippen molar-refractivity contribution in [2.45, 2.75) is 44.2 Å². The Kier molecular flexibility index (Phi) is 5.94. The summed E-state index contributed by atoms with van der Waals surface area (Å²) < 4.78 is 5.40. The van der Waals surface area contributed by atoms with Gasteiger partial charge in [0.05, 0.1) is 17.5 Å². The van der Waals surface area contributed by atoms with E-state index in [-0.39, 0.29) is 24.3 Å². The number of aromatic nitrogens is 1. The molecule has 0 saturated carbocycles. The molecule has 2 aliphatic rings. The van der Waals surface area contributed by atoms with E-state index in [1.54, 1.807) is 17.2 Å². The highest BCUT2D eigenvalue weighted by atomic mass is 35.5. The lowest BCUT2D eigenvalue weighted by atomic mass is 9.85. The third-order valence-electron chi connectivity index (χ3n) is 5.91. The molecule has 7 nitrogen and oxygen atoms in total. The van der Waals surface area contributed by atoms with Crippen molar-refractivity contribution in [2.75, 3.05) is 13.2 Å². The van der Waals surface area contributed by atoms with Crippen LogP contribution >= 0.6 is 11.6 Å². The van der Waals surface area contributed by atoms with Gasteiger partial charge < -0.3 is 10.5 Å². The van der Waals surface area contributed by atoms with Crippen LogP contribution in [0.2, 0.25) is 5.02 Å². The van der Waals surface area contributed by atoms with Crippen LogP contribution in [0.4, 0.5) is 0 Å². The molecule has 1 atom stereocenters. The summed E-state index contributed by atoms with van der Waals surface area (Å²) in [7, 11) is 0. The first kappa shape index (κ1) is 21.3. The van der Waals surface area contributed by atoms with Crippen LogP contribution in [-0.2, 0) is 21.5 Å². The topological polar surface area (TPSA) is 105 Å². The summed E-state index contributed by atoms with van der Waals surface area (Å²) in [4.78, 5) is 23.8. The largest absolute Gasteiger partial charge is 0.381 e. The number of ether oxygens (including phenoxy) is 1. The third-order valence-corrected chi connectivity index (χ3v) is 6.36. The van der Waals surface area contributed by atoms with Crippen LogP contribution in [0.15, 0.2) is 41.5 Å². The molecule has 0 aliphatic carbocycles. The van der Waals surface area contributed by atoms with Crippen LogP contribution in [0, 0.1) is 11.3 Å². The van der Waals surface area contributed by atoms with Crippen LogP contribution in [0.5, 0.6) is 0 Å². The number of guanidine groups is 1. The molecular weight excluding hydrogens is 414 g/mol. The number of benzene rings is 1. The summed E-state index contributed by atoms with van der Waals surface area (Å²) in [5, 5.41) is 9.50. The van der Waals surface area contributed by atoms with Crippen LogP contribution in [-0.4, -0.2) is 41.0 Å². The van der Waals surface area contributed by atoms with Crippen LogP contribution in [0.25, 0.3) is 0 Å². The van der Waals surface area contributed by atoms with Crippen LogP contribution in [0.3, 0.4) is 0 Å². The molecule has 4 rings (SSSR count). The van der Waals surface area contributed by atoms with E-state index in [1.807, 2.05) is 31.2 Å². The van der Waals surface area contributed by atoms with E-state index in [9.17, 15) is 4.79 Å². The minimum atomic E-state index is -0.839. The van der Waals surface area contributed by atoms with E-state index in [1.165, 1.54) is 0 Å². The highest BCUT2D eigenvalue weighted by molar-refractivity contribution is 6.32. The normalized spacial score (nSPS) is 22.2. The first-order valence-corrected chi connectivity index (χ1v) is 10.7. The van der Waals surface area contributed by atoms with Gasteiger partial charge in [-0.1, -0.05) is 29.8 Å². The van der Waals surface area contributed by atoms with Crippen LogP contribution in [0.1, 0.15) is 48.6 Å². The Hall–Kier alpha value is -2.95. The van der Waals surface area contributed by atoms with E-state index in [0.29, 0.717) is 30.2 Å². The summed E-state index contributed by atoms with van der Waals surface area (Å²) in [6.07, 6.45) is 3.77. The lowest BCUT2D eigenvalue weighted by Crippen LogP contribution is -2.55. The standard InChI is InChI=1S/C23H24ClN5O2/c1-23(12-20(30)29(22(26)28-23)18-7-9-31-10-8-18)19-4-2-3-16(21(19)24)11-17-6-5-15(13-25)14-27-17/h2-6,14,18H,7-12H2,1H3,(H2,26,28)/t23-/m0/s1. The molecule has 1 aromatic carbocycles. The second-order valence-electron chi connectivity index (χ2n) is 8.13. The Morgan fingerprint density at radius 3 is 2.74 bits per heavy atom. The number of hydrogen-bond acceptors (Lipinski definition) is 6. The number of rotatable bonds is 4. The highest BCUT2D eigenvalue weighted by Crippen LogP contribution is 2.39. The van der Waals surface area contributed by atoms with E-state index in [0.717, 1.165) is 29.7 Å². The van der Waals surface area contributed by atoms with E-state index >= 15 is 0 Å². The summed E-state index contributed by atoms with van der Waals surface area (Å²) in [6.45, 7) is 3.14. The molecule has 1 saturated heterocycles. The van der Waals surface area contributed by atoms with Gasteiger partial charge in [-0.2, -0.15) is 5.26 Å². The predicted molar refractivity (Wildman–Crippen MR) is 117 cm³/mol. The van der Waals surface area contributed by atoms with Gasteiger partial charge in [-0.15, -0.1) is 0 Å². The van der Waals surface area contributed by atoms with Gasteiger partial charge in [-0.25, -0.2) is 4.99 Å². The van der Waals surface area contributed by atoms with Crippen molar-refractivity contribution >= 4 is 23.5 Å². The van der Waals surface area contributed by atoms with Crippen molar-refractivity contribution in [3.05, 3.63) is 63.9 Å². The number of halogens is 1. The molecule has 160 valence electrons. The number of hydrogen-bond donors (Lipinski definition) is 1. The average molecular weight is 438 g/mol. The first-order valence-electron chi connectivity index (χ1n) is 10.3. The van der Waals surface area contributed by atoms with Gasteiger partial charge in [0.1, 0.15) is 6.07 Å². The molecule has 0 bridgehead atoms. The Labute approximate surface area is 186 Å². The first-order chi connectivity index (χ1) is 14.9. The minimum Gasteiger partial charge on any atom is -0.381 e. The predicted octanol–water partition coefficient (Wildman–Crippen LogP) is 3.14. The number of pyridine rings is 1. The number of nitrogens with two attached hydrogens (primary N) is 1. The number of nitriles is 1. The number of amides is 1. The van der Waals surface area contributed by atoms with E-state index in [2.05, 4.69) is 11.1 Å². The molecule has 0 radical (unpaired) electrons. The smallest absolute Gasteiger partial charge is 0.232 e. The molecule has 2 N–H and O–H groups in total. The molecule has 2 aliphatic heterocycles. The zero-order valence-electron chi connectivity index (χ0n) is 17.3. The van der Waals surface area contributed by atoms with E-state index < -0.39 is 5.54 Å². The van der Waals surface area contributed by atoms with Crippen molar-refractivity contribution in [3.63, 3.8) is 0 Å². The average Bonchev–Trinajstić information content (AvgIpc) is 2.76. The van der Waals surface area contributed by atoms with Gasteiger partial charge in [0, 0.05) is 42.6 Å². The van der Waals surface area contributed by atoms with Crippen molar-refractivity contribution in [3.8, 4) is 6.07 Å². The second-order valence-corrected chi connectivity index (χ2v) is 8.51. The molecule has 1 aromatic heterocycles. The van der Waals surface area contributed by atoms with Crippen molar-refractivity contribution < 1.29 is 9.53 Å². The van der Waals surface area contributed by atoms with E-state index in [4.69, 9.17) is 32.3 Å². The maximum Gasteiger partial charge on any atom is 0.232 e. The number of nitrogens with zero attached hydrogens (tertiary/aromatic N) is 4. The van der Waals surface area contributed by atoms with Gasteiger partial charge in [-0.3, -0.25) is 14.7 Å². The Balaban J connectivity index is 1.62. The molecule has 0 spiro atoms. The third kappa shape index (κ3) is 4.27. The van der Waals surface area contributed by atoms with Gasteiger partial charge in [0.25, 0.3) is 0 Å². The fourth-order valence-corrected chi connectivity index (χ4v) is 4.66. The fraction of sp³-hybridized carbons (Fsp3) is 0.391. The monoisotopic (exact) mass is 437 g/mol. The minimum absolute atomic E-state index is 0.0267. The van der Waals surface area contributed by atoms with Crippen molar-refractivity contribution in [2.24, 2.45) is 10.7 Å². The Morgan fingerprint density at radius 1 is 1.32 bits per heavy atom. The summed E-state index contributed by atoms with van der Waals surface area (Å²) in [5.74, 6) is 0.193. The molecule has 1 amide bonds. The van der Waals surface area contributed by atoms with Gasteiger partial charge in [0.2, 0.25) is 5.91 Å². The quantitative estimate of drug-likeness (QED) is 0.791. The highest BCUT2D eigenvalue weighted by Gasteiger charge is 2.41. The summed E-state index contributed by atoms with van der Waals surface area (Å²) in [5.41, 5.74) is 8.41. The second kappa shape index (κ2) is 8.66. The van der Waals surface area contributed by atoms with Gasteiger partial charge >= 0.3 is 0 Å². The molecule has 1 fully saturated rings. The molecule has 0 unspecified atom stereocenters. The number of aliphatic imine (C=N–C) groups is 1. The number of carbonyl (C=O) groups is 1. The number of carbonyl (C=O) groups excluding carboxylic acids is 1.